The minimum atomic E-state index is -0.202. The first kappa shape index (κ1) is 22.1. The summed E-state index contributed by atoms with van der Waals surface area (Å²) in [6.45, 7) is 4.50. The Morgan fingerprint density at radius 1 is 1.29 bits per heavy atom. The number of thiazole rings is 1. The van der Waals surface area contributed by atoms with E-state index in [0.29, 0.717) is 41.9 Å². The standard InChI is InChI=1S/C24H25N5O4S/c1-14-20(29-10-11-34-24(29)26-14)22(30)25-13-17-7-5-9-28(17)23(31)19-21(33-15(2)27-19)16-6-4-8-18(12-16)32-3/h4,6,8,10-12,17H,5,7,9,13H2,1-3H3,(H,25,30)/t17-/m0/s1. The largest absolute Gasteiger partial charge is 0.497 e. The van der Waals surface area contributed by atoms with Crippen LogP contribution in [0.3, 0.4) is 0 Å². The van der Waals surface area contributed by atoms with E-state index in [0.717, 1.165) is 23.4 Å². The molecule has 0 radical (unpaired) electrons. The quantitative estimate of drug-likeness (QED) is 0.452. The fraction of sp³-hybridized carbons (Fsp3) is 0.333. The summed E-state index contributed by atoms with van der Waals surface area (Å²) < 4.78 is 12.9. The number of aromatic nitrogens is 3. The zero-order valence-corrected chi connectivity index (χ0v) is 20.0. The molecule has 1 aliphatic heterocycles. The second-order valence-corrected chi connectivity index (χ2v) is 9.12. The van der Waals surface area contributed by atoms with E-state index in [9.17, 15) is 9.59 Å². The minimum absolute atomic E-state index is 0.127. The lowest BCUT2D eigenvalue weighted by molar-refractivity contribution is 0.0720. The van der Waals surface area contributed by atoms with Crippen LogP contribution in [0.25, 0.3) is 16.3 Å². The van der Waals surface area contributed by atoms with Crippen molar-refractivity contribution in [3.05, 3.63) is 58.8 Å². The Balaban J connectivity index is 1.34. The van der Waals surface area contributed by atoms with Crippen molar-refractivity contribution in [3.63, 3.8) is 0 Å². The van der Waals surface area contributed by atoms with Gasteiger partial charge in [0, 0.05) is 43.2 Å². The fourth-order valence-electron chi connectivity index (χ4n) is 4.45. The molecule has 0 bridgehead atoms. The van der Waals surface area contributed by atoms with Gasteiger partial charge in [0.15, 0.2) is 22.3 Å². The predicted octanol–water partition coefficient (Wildman–Crippen LogP) is 3.71. The van der Waals surface area contributed by atoms with Gasteiger partial charge in [-0.2, -0.15) is 0 Å². The van der Waals surface area contributed by atoms with E-state index in [-0.39, 0.29) is 23.6 Å². The number of aryl methyl sites for hydroxylation is 2. The molecule has 1 saturated heterocycles. The molecule has 1 aliphatic rings. The van der Waals surface area contributed by atoms with Crippen molar-refractivity contribution in [1.29, 1.82) is 0 Å². The minimum Gasteiger partial charge on any atom is -0.497 e. The van der Waals surface area contributed by atoms with Gasteiger partial charge in [0.1, 0.15) is 11.4 Å². The van der Waals surface area contributed by atoms with E-state index in [4.69, 9.17) is 9.15 Å². The van der Waals surface area contributed by atoms with Crippen LogP contribution in [0, 0.1) is 13.8 Å². The lowest BCUT2D eigenvalue weighted by atomic mass is 10.1. The summed E-state index contributed by atoms with van der Waals surface area (Å²) in [7, 11) is 1.59. The number of likely N-dealkylation sites (tertiary alicyclic amines) is 1. The maximum Gasteiger partial charge on any atom is 0.276 e. The molecule has 2 amide bonds. The van der Waals surface area contributed by atoms with Gasteiger partial charge in [-0.15, -0.1) is 11.3 Å². The molecule has 1 atom stereocenters. The van der Waals surface area contributed by atoms with Crippen molar-refractivity contribution in [3.8, 4) is 17.1 Å². The number of carbonyl (C=O) groups is 2. The van der Waals surface area contributed by atoms with E-state index in [1.807, 2.05) is 42.8 Å². The molecule has 10 heteroatoms. The highest BCUT2D eigenvalue weighted by Crippen LogP contribution is 2.30. The van der Waals surface area contributed by atoms with E-state index < -0.39 is 0 Å². The smallest absolute Gasteiger partial charge is 0.276 e. The van der Waals surface area contributed by atoms with Gasteiger partial charge in [0.25, 0.3) is 11.8 Å². The molecule has 1 aromatic carbocycles. The van der Waals surface area contributed by atoms with Crippen LogP contribution in [0.5, 0.6) is 5.75 Å². The zero-order chi connectivity index (χ0) is 23.8. The van der Waals surface area contributed by atoms with E-state index in [1.54, 1.807) is 23.3 Å². The van der Waals surface area contributed by atoms with Gasteiger partial charge in [-0.05, 0) is 31.9 Å². The number of carbonyl (C=O) groups excluding carboxylic acids is 2. The average Bonchev–Trinajstić information content (AvgIpc) is 3.61. The van der Waals surface area contributed by atoms with Gasteiger partial charge in [-0.25, -0.2) is 9.97 Å². The Labute approximate surface area is 200 Å². The van der Waals surface area contributed by atoms with E-state index in [2.05, 4.69) is 15.3 Å². The first-order chi connectivity index (χ1) is 16.5. The number of ether oxygens (including phenoxy) is 1. The third-order valence-electron chi connectivity index (χ3n) is 6.06. The average molecular weight is 480 g/mol. The lowest BCUT2D eigenvalue weighted by Crippen LogP contribution is -2.43. The normalized spacial score (nSPS) is 15.7. The number of nitrogens with one attached hydrogen (secondary N) is 1. The van der Waals surface area contributed by atoms with Crippen molar-refractivity contribution in [2.75, 3.05) is 20.2 Å². The van der Waals surface area contributed by atoms with Gasteiger partial charge < -0.3 is 19.4 Å². The molecule has 4 aromatic rings. The second-order valence-electron chi connectivity index (χ2n) is 8.25. The number of hydrogen-bond acceptors (Lipinski definition) is 7. The van der Waals surface area contributed by atoms with Crippen LogP contribution < -0.4 is 10.1 Å². The number of oxazole rings is 1. The number of rotatable bonds is 6. The van der Waals surface area contributed by atoms with Gasteiger partial charge in [0.2, 0.25) is 0 Å². The summed E-state index contributed by atoms with van der Waals surface area (Å²) in [5, 5.41) is 4.90. The summed E-state index contributed by atoms with van der Waals surface area (Å²) in [5.41, 5.74) is 2.21. The molecular formula is C24H25N5O4S. The molecule has 1 fully saturated rings. The molecule has 0 aliphatic carbocycles. The number of imidazole rings is 1. The van der Waals surface area contributed by atoms with Crippen LogP contribution >= 0.6 is 11.3 Å². The number of nitrogens with zero attached hydrogens (tertiary/aromatic N) is 4. The van der Waals surface area contributed by atoms with Gasteiger partial charge in [-0.1, -0.05) is 12.1 Å². The maximum atomic E-state index is 13.5. The van der Waals surface area contributed by atoms with Gasteiger partial charge in [0.05, 0.1) is 12.8 Å². The monoisotopic (exact) mass is 479 g/mol. The molecule has 3 aromatic heterocycles. The number of hydrogen-bond donors (Lipinski definition) is 1. The topological polar surface area (TPSA) is 102 Å². The Bertz CT molecular complexity index is 1370. The molecule has 0 saturated carbocycles. The molecule has 5 rings (SSSR count). The van der Waals surface area contributed by atoms with Crippen LogP contribution in [0.4, 0.5) is 0 Å². The number of fused-ring (bicyclic) bond motifs is 1. The van der Waals surface area contributed by atoms with Crippen molar-refractivity contribution < 1.29 is 18.7 Å². The third kappa shape index (κ3) is 3.94. The fourth-order valence-corrected chi connectivity index (χ4v) is 5.20. The maximum absolute atomic E-state index is 13.5. The van der Waals surface area contributed by atoms with E-state index in [1.165, 1.54) is 11.3 Å². The van der Waals surface area contributed by atoms with Gasteiger partial charge >= 0.3 is 0 Å². The number of benzene rings is 1. The molecule has 1 N–H and O–H groups in total. The van der Waals surface area contributed by atoms with Crippen molar-refractivity contribution in [2.45, 2.75) is 32.7 Å². The summed E-state index contributed by atoms with van der Waals surface area (Å²) in [6, 6.07) is 7.23. The van der Waals surface area contributed by atoms with Crippen molar-refractivity contribution in [2.24, 2.45) is 0 Å². The molecular weight excluding hydrogens is 454 g/mol. The van der Waals surface area contributed by atoms with Crippen molar-refractivity contribution >= 4 is 28.1 Å². The Hall–Kier alpha value is -3.66. The highest BCUT2D eigenvalue weighted by Gasteiger charge is 2.33. The Morgan fingerprint density at radius 3 is 2.97 bits per heavy atom. The summed E-state index contributed by atoms with van der Waals surface area (Å²) in [4.78, 5) is 37.9. The van der Waals surface area contributed by atoms with Crippen LogP contribution in [0.15, 0.2) is 40.3 Å². The molecule has 4 heterocycles. The molecule has 0 unspecified atom stereocenters. The summed E-state index contributed by atoms with van der Waals surface area (Å²) in [6.07, 6.45) is 3.50. The first-order valence-corrected chi connectivity index (χ1v) is 12.0. The van der Waals surface area contributed by atoms with Crippen LogP contribution in [-0.2, 0) is 0 Å². The first-order valence-electron chi connectivity index (χ1n) is 11.1. The highest BCUT2D eigenvalue weighted by molar-refractivity contribution is 7.15. The number of methoxy groups -OCH3 is 1. The van der Waals surface area contributed by atoms with Crippen LogP contribution in [0.2, 0.25) is 0 Å². The van der Waals surface area contributed by atoms with Gasteiger partial charge in [-0.3, -0.25) is 14.0 Å². The highest BCUT2D eigenvalue weighted by atomic mass is 32.1. The van der Waals surface area contributed by atoms with E-state index >= 15 is 0 Å². The Kier molecular flexibility index (Phi) is 5.82. The van der Waals surface area contributed by atoms with Crippen LogP contribution in [-0.4, -0.2) is 57.3 Å². The predicted molar refractivity (Wildman–Crippen MR) is 127 cm³/mol. The lowest BCUT2D eigenvalue weighted by Gasteiger charge is -2.24. The SMILES string of the molecule is COc1cccc(-c2oc(C)nc2C(=O)N2CCC[C@H]2CNC(=O)c2c(C)nc3sccn23)c1. The second kappa shape index (κ2) is 8.94. The van der Waals surface area contributed by atoms with Crippen LogP contribution in [0.1, 0.15) is 45.4 Å². The molecule has 176 valence electrons. The van der Waals surface area contributed by atoms with Crippen molar-refractivity contribution in [1.82, 2.24) is 24.6 Å². The molecule has 0 spiro atoms. The molecule has 9 nitrogen and oxygen atoms in total. The Morgan fingerprint density at radius 2 is 2.15 bits per heavy atom. The summed E-state index contributed by atoms with van der Waals surface area (Å²) in [5.74, 6) is 1.11. The third-order valence-corrected chi connectivity index (χ3v) is 6.81. The molecule has 34 heavy (non-hydrogen) atoms. The number of amides is 2. The summed E-state index contributed by atoms with van der Waals surface area (Å²) >= 11 is 1.48. The zero-order valence-electron chi connectivity index (χ0n) is 19.2.